The first-order valence-corrected chi connectivity index (χ1v) is 14.6. The van der Waals surface area contributed by atoms with Crippen LogP contribution in [-0.4, -0.2) is 43.0 Å². The molecule has 1 nitrogen and oxygen atoms in total. The van der Waals surface area contributed by atoms with Gasteiger partial charge in [-0.1, -0.05) is 121 Å². The number of hydrogen-bond acceptors (Lipinski definition) is 0. The van der Waals surface area contributed by atoms with Crippen molar-refractivity contribution in [2.24, 2.45) is 0 Å². The van der Waals surface area contributed by atoms with Gasteiger partial charge in [-0.3, -0.25) is 0 Å². The van der Waals surface area contributed by atoms with Gasteiger partial charge in [0.15, 0.2) is 0 Å². The monoisotopic (exact) mass is 468 g/mol. The van der Waals surface area contributed by atoms with Crippen molar-refractivity contribution in [1.29, 1.82) is 0 Å². The summed E-state index contributed by atoms with van der Waals surface area (Å²) in [6.07, 6.45) is 0. The van der Waals surface area contributed by atoms with Gasteiger partial charge in [-0.05, 0) is 37.1 Å². The highest BCUT2D eigenvalue weighted by molar-refractivity contribution is 7.77. The molecule has 3 heteroatoms. The van der Waals surface area contributed by atoms with Crippen molar-refractivity contribution in [3.05, 3.63) is 121 Å². The fraction of sp³-hybridized carbons (Fsp3) is 0.200. The number of benzene rings is 4. The van der Waals surface area contributed by atoms with Crippen molar-refractivity contribution in [3.63, 3.8) is 0 Å². The van der Waals surface area contributed by atoms with Crippen molar-refractivity contribution in [1.82, 2.24) is 0 Å². The molecule has 0 radical (unpaired) electrons. The SMILES string of the molecule is C[N+]1(C)C[C@@H](P(c2ccccc2)c2ccccc2)[C@H](P(c2ccccc2)c2ccccc2)C1. The van der Waals surface area contributed by atoms with E-state index in [1.165, 1.54) is 34.3 Å². The van der Waals surface area contributed by atoms with Crippen LogP contribution in [0.25, 0.3) is 0 Å². The second kappa shape index (κ2) is 9.90. The summed E-state index contributed by atoms with van der Waals surface area (Å²) < 4.78 is 1.09. The first-order chi connectivity index (χ1) is 16.1. The Morgan fingerprint density at radius 3 is 0.939 bits per heavy atom. The van der Waals surface area contributed by atoms with E-state index in [0.717, 1.165) is 4.48 Å². The normalized spacial score (nSPS) is 19.8. The van der Waals surface area contributed by atoms with E-state index >= 15 is 0 Å². The molecule has 0 amide bonds. The molecule has 0 N–H and O–H groups in total. The van der Waals surface area contributed by atoms with Gasteiger partial charge >= 0.3 is 0 Å². The molecule has 5 rings (SSSR count). The summed E-state index contributed by atoms with van der Waals surface area (Å²) in [7, 11) is 3.94. The van der Waals surface area contributed by atoms with E-state index in [1.54, 1.807) is 0 Å². The van der Waals surface area contributed by atoms with Gasteiger partial charge in [0.1, 0.15) is 0 Å². The summed E-state index contributed by atoms with van der Waals surface area (Å²) >= 11 is 0. The van der Waals surface area contributed by atoms with Crippen molar-refractivity contribution in [3.8, 4) is 0 Å². The predicted octanol–water partition coefficient (Wildman–Crippen LogP) is 5.08. The van der Waals surface area contributed by atoms with Crippen molar-refractivity contribution in [2.75, 3.05) is 27.2 Å². The molecule has 33 heavy (non-hydrogen) atoms. The first-order valence-electron chi connectivity index (χ1n) is 11.7. The number of nitrogens with zero attached hydrogens (tertiary/aromatic N) is 1. The Hall–Kier alpha value is -2.30. The summed E-state index contributed by atoms with van der Waals surface area (Å²) in [5.41, 5.74) is 1.26. The van der Waals surface area contributed by atoms with E-state index in [9.17, 15) is 0 Å². The number of quaternary nitrogens is 1. The van der Waals surface area contributed by atoms with Crippen LogP contribution in [-0.2, 0) is 0 Å². The van der Waals surface area contributed by atoms with Gasteiger partial charge in [0.05, 0.1) is 27.2 Å². The summed E-state index contributed by atoms with van der Waals surface area (Å²) in [5.74, 6) is 0. The van der Waals surface area contributed by atoms with Crippen LogP contribution in [0.5, 0.6) is 0 Å². The van der Waals surface area contributed by atoms with Gasteiger partial charge in [-0.15, -0.1) is 0 Å². The van der Waals surface area contributed by atoms with Crippen LogP contribution in [0.4, 0.5) is 0 Å². The topological polar surface area (TPSA) is 0 Å². The Kier molecular flexibility index (Phi) is 6.75. The van der Waals surface area contributed by atoms with Gasteiger partial charge in [0.2, 0.25) is 0 Å². The zero-order valence-corrected chi connectivity index (χ0v) is 21.2. The van der Waals surface area contributed by atoms with E-state index in [-0.39, 0.29) is 0 Å². The maximum absolute atomic E-state index is 2.43. The molecule has 1 saturated heterocycles. The average Bonchev–Trinajstić information content (AvgIpc) is 3.16. The van der Waals surface area contributed by atoms with Crippen LogP contribution in [0.2, 0.25) is 0 Å². The van der Waals surface area contributed by atoms with Crippen molar-refractivity contribution < 1.29 is 4.48 Å². The fourth-order valence-corrected chi connectivity index (χ4v) is 12.2. The Labute approximate surface area is 201 Å². The molecule has 0 unspecified atom stereocenters. The zero-order valence-electron chi connectivity index (χ0n) is 19.5. The predicted molar refractivity (Wildman–Crippen MR) is 148 cm³/mol. The number of hydrogen-bond donors (Lipinski definition) is 0. The third kappa shape index (κ3) is 4.97. The molecule has 1 aliphatic heterocycles. The fourth-order valence-electron chi connectivity index (χ4n) is 5.26. The molecule has 0 aromatic heterocycles. The molecule has 1 fully saturated rings. The zero-order chi connectivity index (χ0) is 22.7. The molecule has 1 aliphatic rings. The van der Waals surface area contributed by atoms with E-state index in [4.69, 9.17) is 0 Å². The van der Waals surface area contributed by atoms with E-state index in [0.29, 0.717) is 11.3 Å². The lowest BCUT2D eigenvalue weighted by Crippen LogP contribution is -2.38. The Balaban J connectivity index is 1.66. The number of likely N-dealkylation sites (tertiary alicyclic amines) is 1. The van der Waals surface area contributed by atoms with Crippen LogP contribution >= 0.6 is 15.8 Å². The smallest absolute Gasteiger partial charge is 0.0865 e. The minimum absolute atomic E-state index is 0.462. The third-order valence-electron chi connectivity index (χ3n) is 6.61. The van der Waals surface area contributed by atoms with Gasteiger partial charge in [-0.2, -0.15) is 0 Å². The maximum atomic E-state index is 2.43. The molecule has 4 aromatic rings. The highest BCUT2D eigenvalue weighted by Crippen LogP contribution is 2.55. The van der Waals surface area contributed by atoms with E-state index in [1.807, 2.05) is 0 Å². The maximum Gasteiger partial charge on any atom is 0.0865 e. The van der Waals surface area contributed by atoms with Crippen molar-refractivity contribution >= 4 is 37.1 Å². The standard InChI is InChI=1S/C30H32NP2/c1-31(2)23-29(32(25-15-7-3-8-16-25)26-17-9-4-10-18-26)30(24-31)33(27-19-11-5-12-20-27)28-21-13-6-14-22-28/h3-22,29-30H,23-24H2,1-2H3/q+1/t29-,30-/m1/s1. The Morgan fingerprint density at radius 2 is 0.697 bits per heavy atom. The summed E-state index contributed by atoms with van der Waals surface area (Å²) in [4.78, 5) is 0. The van der Waals surface area contributed by atoms with Crippen LogP contribution in [0.3, 0.4) is 0 Å². The molecule has 0 bridgehead atoms. The van der Waals surface area contributed by atoms with Gasteiger partial charge in [0.25, 0.3) is 0 Å². The molecular formula is C30H32NP2+. The van der Waals surface area contributed by atoms with Gasteiger partial charge < -0.3 is 4.48 Å². The summed E-state index contributed by atoms with van der Waals surface area (Å²) in [6.45, 7) is 2.44. The quantitative estimate of drug-likeness (QED) is 0.274. The molecule has 2 atom stereocenters. The number of rotatable bonds is 6. The minimum atomic E-state index is -0.462. The minimum Gasteiger partial charge on any atom is -0.327 e. The van der Waals surface area contributed by atoms with Crippen LogP contribution in [0.1, 0.15) is 0 Å². The van der Waals surface area contributed by atoms with Gasteiger partial charge in [0, 0.05) is 11.3 Å². The van der Waals surface area contributed by atoms with Crippen LogP contribution < -0.4 is 21.2 Å². The molecule has 0 aliphatic carbocycles. The third-order valence-corrected chi connectivity index (χ3v) is 12.6. The van der Waals surface area contributed by atoms with Crippen LogP contribution in [0, 0.1) is 0 Å². The lowest BCUT2D eigenvalue weighted by atomic mass is 10.3. The second-order valence-electron chi connectivity index (χ2n) is 9.52. The second-order valence-corrected chi connectivity index (χ2v) is 14.4. The lowest BCUT2D eigenvalue weighted by Gasteiger charge is -2.33. The van der Waals surface area contributed by atoms with E-state index in [2.05, 4.69) is 135 Å². The van der Waals surface area contributed by atoms with E-state index < -0.39 is 15.8 Å². The highest BCUT2D eigenvalue weighted by Gasteiger charge is 2.48. The lowest BCUT2D eigenvalue weighted by molar-refractivity contribution is -0.877. The Bertz CT molecular complexity index is 975. The molecular weight excluding hydrogens is 436 g/mol. The average molecular weight is 469 g/mol. The summed E-state index contributed by atoms with van der Waals surface area (Å²) in [5, 5.41) is 6.02. The molecule has 0 spiro atoms. The Morgan fingerprint density at radius 1 is 0.455 bits per heavy atom. The molecule has 166 valence electrons. The molecule has 4 aromatic carbocycles. The largest absolute Gasteiger partial charge is 0.327 e. The van der Waals surface area contributed by atoms with Crippen LogP contribution in [0.15, 0.2) is 121 Å². The van der Waals surface area contributed by atoms with Gasteiger partial charge in [-0.25, -0.2) is 0 Å². The summed E-state index contributed by atoms with van der Waals surface area (Å²) in [6, 6.07) is 45.2. The molecule has 1 heterocycles. The van der Waals surface area contributed by atoms with Crippen molar-refractivity contribution in [2.45, 2.75) is 11.3 Å². The highest BCUT2D eigenvalue weighted by atomic mass is 31.1. The molecule has 0 saturated carbocycles. The first kappa shape index (κ1) is 22.5.